The molecule has 142 valence electrons. The molecule has 0 spiro atoms. The maximum absolute atomic E-state index is 13.3. The summed E-state index contributed by atoms with van der Waals surface area (Å²) >= 11 is 6.24. The summed E-state index contributed by atoms with van der Waals surface area (Å²) < 4.78 is 36.4. The number of thiocarbonyl (C=S) groups is 1. The fraction of sp³-hybridized carbons (Fsp3) is 0.235. The molecule has 2 atom stereocenters. The van der Waals surface area contributed by atoms with Crippen LogP contribution in [0.15, 0.2) is 40.7 Å². The lowest BCUT2D eigenvalue weighted by Crippen LogP contribution is -2.49. The number of carbonyl (C=O) groups is 2. The second-order valence-electron chi connectivity index (χ2n) is 6.06. The van der Waals surface area contributed by atoms with Crippen molar-refractivity contribution in [3.63, 3.8) is 0 Å². The van der Waals surface area contributed by atoms with Crippen molar-refractivity contribution in [1.82, 2.24) is 10.2 Å². The maximum Gasteiger partial charge on any atom is 0.266 e. The summed E-state index contributed by atoms with van der Waals surface area (Å²) in [7, 11) is -3.30. The highest BCUT2D eigenvalue weighted by atomic mass is 32.2. The predicted molar refractivity (Wildman–Crippen MR) is 106 cm³/mol. The fourth-order valence-electron chi connectivity index (χ4n) is 2.65. The zero-order valence-corrected chi connectivity index (χ0v) is 16.5. The van der Waals surface area contributed by atoms with Crippen molar-refractivity contribution in [3.05, 3.63) is 52.0 Å². The van der Waals surface area contributed by atoms with Crippen LogP contribution in [0.1, 0.15) is 12.5 Å². The minimum Gasteiger partial charge on any atom is -0.347 e. The third-order valence-electron chi connectivity index (χ3n) is 3.99. The Balaban J connectivity index is 1.72. The lowest BCUT2D eigenvalue weighted by atomic mass is 10.2. The largest absolute Gasteiger partial charge is 0.347 e. The lowest BCUT2D eigenvalue weighted by molar-refractivity contribution is -0.132. The van der Waals surface area contributed by atoms with E-state index in [2.05, 4.69) is 5.32 Å². The zero-order valence-electron chi connectivity index (χ0n) is 14.1. The Kier molecular flexibility index (Phi) is 5.50. The second-order valence-corrected chi connectivity index (χ2v) is 9.66. The number of thioether (sulfide) groups is 1. The average molecular weight is 427 g/mol. The maximum atomic E-state index is 13.3. The first-order valence-corrected chi connectivity index (χ1v) is 10.8. The molecule has 2 unspecified atom stereocenters. The highest BCUT2D eigenvalue weighted by molar-refractivity contribution is 8.26. The summed E-state index contributed by atoms with van der Waals surface area (Å²) in [5.41, 5.74) is 0.508. The molecule has 1 fully saturated rings. The number of benzene rings is 1. The number of nitrogens with one attached hydrogen (secondary N) is 1. The van der Waals surface area contributed by atoms with Crippen LogP contribution >= 0.6 is 24.0 Å². The van der Waals surface area contributed by atoms with Crippen LogP contribution < -0.4 is 5.32 Å². The molecule has 10 heteroatoms. The van der Waals surface area contributed by atoms with Crippen molar-refractivity contribution < 1.29 is 22.4 Å². The van der Waals surface area contributed by atoms with Gasteiger partial charge in [0.2, 0.25) is 5.91 Å². The monoisotopic (exact) mass is 426 g/mol. The van der Waals surface area contributed by atoms with E-state index >= 15 is 0 Å². The van der Waals surface area contributed by atoms with E-state index in [9.17, 15) is 22.4 Å². The molecule has 0 bridgehead atoms. The fourth-order valence-corrected chi connectivity index (χ4v) is 5.30. The van der Waals surface area contributed by atoms with Gasteiger partial charge in [-0.25, -0.2) is 12.8 Å². The van der Waals surface area contributed by atoms with E-state index in [0.29, 0.717) is 5.56 Å². The van der Waals surface area contributed by atoms with Gasteiger partial charge in [-0.1, -0.05) is 36.1 Å². The molecule has 1 aromatic rings. The summed E-state index contributed by atoms with van der Waals surface area (Å²) in [6.07, 6.45) is 2.91. The summed E-state index contributed by atoms with van der Waals surface area (Å²) in [6.45, 7) is 1.51. The van der Waals surface area contributed by atoms with E-state index in [1.165, 1.54) is 42.2 Å². The molecule has 2 aliphatic heterocycles. The third-order valence-corrected chi connectivity index (χ3v) is 6.72. The Morgan fingerprint density at radius 2 is 2.22 bits per heavy atom. The van der Waals surface area contributed by atoms with Crippen LogP contribution in [0.3, 0.4) is 0 Å². The molecule has 2 amide bonds. The van der Waals surface area contributed by atoms with Crippen molar-refractivity contribution in [1.29, 1.82) is 0 Å². The normalized spacial score (nSPS) is 23.9. The molecule has 2 heterocycles. The first-order chi connectivity index (χ1) is 12.7. The quantitative estimate of drug-likeness (QED) is 0.584. The minimum absolute atomic E-state index is 0.205. The van der Waals surface area contributed by atoms with Gasteiger partial charge >= 0.3 is 0 Å². The van der Waals surface area contributed by atoms with E-state index in [0.717, 1.165) is 17.2 Å². The predicted octanol–water partition coefficient (Wildman–Crippen LogP) is 1.84. The Morgan fingerprint density at radius 3 is 2.85 bits per heavy atom. The van der Waals surface area contributed by atoms with Crippen molar-refractivity contribution in [2.45, 2.75) is 19.0 Å². The highest BCUT2D eigenvalue weighted by Gasteiger charge is 2.39. The van der Waals surface area contributed by atoms with E-state index in [4.69, 9.17) is 12.2 Å². The van der Waals surface area contributed by atoms with Crippen LogP contribution in [0, 0.1) is 5.82 Å². The van der Waals surface area contributed by atoms with Gasteiger partial charge in [-0.05, 0) is 36.8 Å². The highest BCUT2D eigenvalue weighted by Crippen LogP contribution is 2.34. The summed E-state index contributed by atoms with van der Waals surface area (Å²) in [5.74, 6) is -1.59. The molecule has 0 radical (unpaired) electrons. The molecular weight excluding hydrogens is 411 g/mol. The van der Waals surface area contributed by atoms with Gasteiger partial charge in [0.05, 0.1) is 16.7 Å². The number of rotatable bonds is 4. The number of halogens is 1. The van der Waals surface area contributed by atoms with Crippen molar-refractivity contribution in [2.75, 3.05) is 5.75 Å². The Bertz CT molecular complexity index is 988. The summed E-state index contributed by atoms with van der Waals surface area (Å²) in [5, 5.41) is 3.65. The van der Waals surface area contributed by atoms with Gasteiger partial charge in [0, 0.05) is 5.41 Å². The molecule has 1 saturated heterocycles. The lowest BCUT2D eigenvalue weighted by Gasteiger charge is -2.23. The number of sulfone groups is 1. The molecule has 0 saturated carbocycles. The van der Waals surface area contributed by atoms with E-state index in [-0.39, 0.29) is 15.0 Å². The molecule has 6 nitrogen and oxygen atoms in total. The SMILES string of the molecule is CC(C(=O)NC1C=CS(=O)(=O)C1)N1C(=O)C(=Cc2cccc(F)c2)SC1=S. The number of nitrogens with zero attached hydrogens (tertiary/aromatic N) is 1. The van der Waals surface area contributed by atoms with Gasteiger partial charge in [-0.3, -0.25) is 14.5 Å². The van der Waals surface area contributed by atoms with E-state index in [1.54, 1.807) is 6.07 Å². The van der Waals surface area contributed by atoms with Crippen molar-refractivity contribution in [3.8, 4) is 0 Å². The Hall–Kier alpha value is -2.04. The summed E-state index contributed by atoms with van der Waals surface area (Å²) in [6, 6.07) is 4.22. The molecule has 2 aliphatic rings. The van der Waals surface area contributed by atoms with Crippen LogP contribution in [0.25, 0.3) is 6.08 Å². The van der Waals surface area contributed by atoms with Gasteiger partial charge in [0.1, 0.15) is 16.2 Å². The molecule has 27 heavy (non-hydrogen) atoms. The first-order valence-electron chi connectivity index (χ1n) is 7.90. The minimum atomic E-state index is -3.30. The number of hydrogen-bond acceptors (Lipinski definition) is 6. The molecule has 0 aliphatic carbocycles. The van der Waals surface area contributed by atoms with E-state index in [1.807, 2.05) is 0 Å². The van der Waals surface area contributed by atoms with Gasteiger partial charge in [-0.2, -0.15) is 0 Å². The Labute approximate surface area is 165 Å². The molecule has 1 aromatic carbocycles. The molecular formula is C17H15FN2O4S3. The first kappa shape index (κ1) is 19.7. The summed E-state index contributed by atoms with van der Waals surface area (Å²) in [4.78, 5) is 26.5. The van der Waals surface area contributed by atoms with Crippen LogP contribution in [0.4, 0.5) is 4.39 Å². The van der Waals surface area contributed by atoms with Crippen LogP contribution in [0.2, 0.25) is 0 Å². The average Bonchev–Trinajstić information content (AvgIpc) is 3.05. The Morgan fingerprint density at radius 1 is 1.48 bits per heavy atom. The molecule has 0 aromatic heterocycles. The van der Waals surface area contributed by atoms with Gasteiger partial charge in [0.15, 0.2) is 9.84 Å². The van der Waals surface area contributed by atoms with Crippen LogP contribution in [-0.2, 0) is 19.4 Å². The van der Waals surface area contributed by atoms with Crippen LogP contribution in [-0.4, -0.2) is 47.3 Å². The van der Waals surface area contributed by atoms with E-state index < -0.39 is 39.6 Å². The third kappa shape index (κ3) is 4.45. The second kappa shape index (κ2) is 7.53. The van der Waals surface area contributed by atoms with Crippen molar-refractivity contribution in [2.24, 2.45) is 0 Å². The molecule has 3 rings (SSSR count). The number of amides is 2. The van der Waals surface area contributed by atoms with Gasteiger partial charge in [-0.15, -0.1) is 0 Å². The number of carbonyl (C=O) groups excluding carboxylic acids is 2. The van der Waals surface area contributed by atoms with Gasteiger partial charge in [0.25, 0.3) is 5.91 Å². The van der Waals surface area contributed by atoms with Gasteiger partial charge < -0.3 is 5.32 Å². The molecule has 1 N–H and O–H groups in total. The van der Waals surface area contributed by atoms with Crippen LogP contribution in [0.5, 0.6) is 0 Å². The topological polar surface area (TPSA) is 83.6 Å². The smallest absolute Gasteiger partial charge is 0.266 e. The standard InChI is InChI=1S/C17H15FN2O4S3/c1-10(15(21)19-13-5-6-27(23,24)9-13)20-16(22)14(26-17(20)25)8-11-3-2-4-12(18)7-11/h2-8,10,13H,9H2,1H3,(H,19,21). The number of hydrogen-bond donors (Lipinski definition) is 1. The zero-order chi connectivity index (χ0) is 19.8. The van der Waals surface area contributed by atoms with Crippen molar-refractivity contribution >= 4 is 56.0 Å².